The zero-order chi connectivity index (χ0) is 33.6. The Morgan fingerprint density at radius 1 is 1.22 bits per heavy atom. The summed E-state index contributed by atoms with van der Waals surface area (Å²) in [5.74, 6) is 0.691. The summed E-state index contributed by atoms with van der Waals surface area (Å²) >= 11 is 0. The molecule has 46 heavy (non-hydrogen) atoms. The molecule has 0 radical (unpaired) electrons. The van der Waals surface area contributed by atoms with E-state index in [1.54, 1.807) is 6.20 Å². The van der Waals surface area contributed by atoms with Crippen LogP contribution in [-0.2, 0) is 24.4 Å². The Hall–Kier alpha value is -3.25. The minimum atomic E-state index is -0.948. The number of carbonyl (C=O) groups excluding carboxylic acids is 1. The lowest BCUT2D eigenvalue weighted by atomic mass is 9.76. The molecule has 1 amide bonds. The lowest BCUT2D eigenvalue weighted by Gasteiger charge is -2.46. The van der Waals surface area contributed by atoms with Crippen LogP contribution in [0.5, 0.6) is 0 Å². The van der Waals surface area contributed by atoms with E-state index in [9.17, 15) is 4.79 Å². The van der Waals surface area contributed by atoms with E-state index >= 15 is 0 Å². The van der Waals surface area contributed by atoms with Crippen LogP contribution in [0.4, 0.5) is 23.0 Å². The molecule has 2 saturated heterocycles. The summed E-state index contributed by atoms with van der Waals surface area (Å²) in [5, 5.41) is 3.01. The van der Waals surface area contributed by atoms with Gasteiger partial charge in [-0.3, -0.25) is 14.6 Å². The van der Waals surface area contributed by atoms with Crippen LogP contribution >= 0.6 is 0 Å². The number of fused-ring (bicyclic) bond motifs is 1. The summed E-state index contributed by atoms with van der Waals surface area (Å²) < 4.78 is 19.6. The van der Waals surface area contributed by atoms with Gasteiger partial charge in [-0.05, 0) is 82.9 Å². The summed E-state index contributed by atoms with van der Waals surface area (Å²) in [6.45, 7) is 21.7. The highest BCUT2D eigenvalue weighted by Gasteiger charge is 2.64. The molecule has 1 aromatic heterocycles. The fraction of sp³-hybridized carbons (Fsp3) is 0.629. The maximum Gasteiger partial charge on any atom is 0.224 e. The van der Waals surface area contributed by atoms with Crippen LogP contribution in [0.25, 0.3) is 0 Å². The van der Waals surface area contributed by atoms with Gasteiger partial charge in [0.15, 0.2) is 5.79 Å². The molecule has 3 heterocycles. The number of nitrogens with zero attached hydrogens (tertiary/aromatic N) is 4. The first-order valence-electron chi connectivity index (χ1n) is 16.5. The van der Waals surface area contributed by atoms with Crippen molar-refractivity contribution in [1.82, 2.24) is 14.9 Å². The molecule has 2 aliphatic heterocycles. The van der Waals surface area contributed by atoms with Crippen molar-refractivity contribution in [2.24, 2.45) is 5.92 Å². The van der Waals surface area contributed by atoms with Gasteiger partial charge in [0, 0.05) is 36.8 Å². The first kappa shape index (κ1) is 34.1. The third-order valence-corrected chi connectivity index (χ3v) is 9.74. The molecule has 3 atom stereocenters. The number of rotatable bonds is 11. The van der Waals surface area contributed by atoms with E-state index in [-0.39, 0.29) is 23.5 Å². The monoisotopic (exact) mass is 635 g/mol. The van der Waals surface area contributed by atoms with E-state index in [1.165, 1.54) is 6.33 Å². The van der Waals surface area contributed by atoms with Crippen LogP contribution in [-0.4, -0.2) is 69.7 Å². The largest absolute Gasteiger partial charge is 0.397 e. The first-order chi connectivity index (χ1) is 21.5. The predicted octanol–water partition coefficient (Wildman–Crippen LogP) is 5.35. The molecule has 0 spiro atoms. The van der Waals surface area contributed by atoms with E-state index in [4.69, 9.17) is 25.7 Å². The molecule has 3 aliphatic rings. The molecule has 252 valence electrons. The topological polar surface area (TPSA) is 141 Å². The lowest BCUT2D eigenvalue weighted by Crippen LogP contribution is -2.57. The van der Waals surface area contributed by atoms with Crippen LogP contribution < -0.4 is 21.7 Å². The van der Waals surface area contributed by atoms with Crippen molar-refractivity contribution in [1.29, 1.82) is 0 Å². The first-order valence-corrected chi connectivity index (χ1v) is 16.5. The van der Waals surface area contributed by atoms with Gasteiger partial charge in [0.05, 0.1) is 18.0 Å². The van der Waals surface area contributed by atoms with Gasteiger partial charge in [-0.1, -0.05) is 33.4 Å². The van der Waals surface area contributed by atoms with Crippen molar-refractivity contribution < 1.29 is 19.0 Å². The number of nitrogen functional groups attached to an aromatic ring is 2. The number of benzene rings is 1. The molecule has 3 fully saturated rings. The third-order valence-electron chi connectivity index (χ3n) is 9.74. The van der Waals surface area contributed by atoms with Crippen molar-refractivity contribution in [2.45, 2.75) is 122 Å². The molecule has 5 N–H and O–H groups in total. The number of nitrogens with one attached hydrogen (secondary N) is 1. The van der Waals surface area contributed by atoms with Gasteiger partial charge >= 0.3 is 0 Å². The Balaban J connectivity index is 1.19. The van der Waals surface area contributed by atoms with Gasteiger partial charge in [0.2, 0.25) is 11.6 Å². The Bertz CT molecular complexity index is 1430. The highest BCUT2D eigenvalue weighted by Crippen LogP contribution is 2.48. The average Bonchev–Trinajstić information content (AvgIpc) is 3.40. The third kappa shape index (κ3) is 6.74. The predicted molar refractivity (Wildman–Crippen MR) is 182 cm³/mol. The molecule has 1 saturated carbocycles. The standard InChI is InChI=1S/C35H53N7O4/c1-10-42(32-22(4)31(37)38-20-39-32)35-19-44-28(30(35)45-34(8,9)46-35)18-41(21(2)3)25-15-23(16-25)11-14-29(43)40-27-13-12-24(17-26(27)36)33(5,6)7/h10,12-13,17,20-21,23,25,28,30H,1,11,14-16,18-19,36H2,2-9H3,(H,40,43)(H2,37,38,39)/t23-,25+,28-,30-,35+/m1/s1. The smallest absolute Gasteiger partial charge is 0.224 e. The zero-order valence-electron chi connectivity index (χ0n) is 28.8. The quantitative estimate of drug-likeness (QED) is 0.277. The van der Waals surface area contributed by atoms with Crippen molar-refractivity contribution in [3.63, 3.8) is 0 Å². The van der Waals surface area contributed by atoms with Crippen LogP contribution in [0.2, 0.25) is 0 Å². The maximum absolute atomic E-state index is 12.8. The molecule has 1 aliphatic carbocycles. The Morgan fingerprint density at radius 2 is 1.93 bits per heavy atom. The Labute approximate surface area is 274 Å². The normalized spacial score (nSPS) is 27.0. The van der Waals surface area contributed by atoms with Crippen LogP contribution in [0, 0.1) is 12.8 Å². The van der Waals surface area contributed by atoms with Crippen LogP contribution in [0.3, 0.4) is 0 Å². The fourth-order valence-corrected chi connectivity index (χ4v) is 7.11. The maximum atomic E-state index is 12.8. The van der Waals surface area contributed by atoms with Gasteiger partial charge < -0.3 is 31.0 Å². The Morgan fingerprint density at radius 3 is 2.57 bits per heavy atom. The van der Waals surface area contributed by atoms with Gasteiger partial charge in [-0.2, -0.15) is 0 Å². The van der Waals surface area contributed by atoms with E-state index < -0.39 is 11.5 Å². The second-order valence-corrected chi connectivity index (χ2v) is 14.9. The molecule has 0 bridgehead atoms. The summed E-state index contributed by atoms with van der Waals surface area (Å²) in [7, 11) is 0. The van der Waals surface area contributed by atoms with E-state index in [0.29, 0.717) is 60.6 Å². The van der Waals surface area contributed by atoms with Crippen molar-refractivity contribution in [3.8, 4) is 0 Å². The number of carbonyl (C=O) groups is 1. The number of amides is 1. The summed E-state index contributed by atoms with van der Waals surface area (Å²) in [6, 6.07) is 6.61. The molecule has 11 nitrogen and oxygen atoms in total. The summed E-state index contributed by atoms with van der Waals surface area (Å²) in [5.41, 5.74) is 14.6. The second-order valence-electron chi connectivity index (χ2n) is 14.9. The van der Waals surface area contributed by atoms with Crippen LogP contribution in [0.15, 0.2) is 37.3 Å². The number of nitrogens with two attached hydrogens (primary N) is 2. The summed E-state index contributed by atoms with van der Waals surface area (Å²) in [6.07, 6.45) is 5.94. The molecule has 5 rings (SSSR count). The fourth-order valence-electron chi connectivity index (χ4n) is 7.11. The van der Waals surface area contributed by atoms with E-state index in [2.05, 4.69) is 61.4 Å². The molecule has 11 heteroatoms. The zero-order valence-corrected chi connectivity index (χ0v) is 28.8. The van der Waals surface area contributed by atoms with Gasteiger partial charge in [0.25, 0.3) is 0 Å². The van der Waals surface area contributed by atoms with E-state index in [1.807, 2.05) is 43.9 Å². The number of hydrogen-bond donors (Lipinski definition) is 3. The average molecular weight is 636 g/mol. The number of anilines is 4. The van der Waals surface area contributed by atoms with Crippen LogP contribution in [0.1, 0.15) is 85.3 Å². The molecule has 0 unspecified atom stereocenters. The van der Waals surface area contributed by atoms with Gasteiger partial charge in [-0.15, -0.1) is 0 Å². The molecule has 2 aromatic rings. The van der Waals surface area contributed by atoms with Crippen molar-refractivity contribution >= 4 is 28.9 Å². The van der Waals surface area contributed by atoms with Gasteiger partial charge in [-0.25, -0.2) is 9.97 Å². The second kappa shape index (κ2) is 12.7. The highest BCUT2D eigenvalue weighted by molar-refractivity contribution is 5.93. The number of aromatic nitrogens is 2. The summed E-state index contributed by atoms with van der Waals surface area (Å²) in [4.78, 5) is 25.9. The molecular weight excluding hydrogens is 582 g/mol. The molecular formula is C35H53N7O4. The van der Waals surface area contributed by atoms with Crippen molar-refractivity contribution in [3.05, 3.63) is 48.4 Å². The van der Waals surface area contributed by atoms with E-state index in [0.717, 1.165) is 30.4 Å². The number of ether oxygens (including phenoxy) is 3. The number of hydrogen-bond acceptors (Lipinski definition) is 10. The minimum absolute atomic E-state index is 0.000455. The Kier molecular flexibility index (Phi) is 9.45. The van der Waals surface area contributed by atoms with Gasteiger partial charge in [0.1, 0.15) is 30.2 Å². The highest BCUT2D eigenvalue weighted by atomic mass is 16.8. The SMILES string of the molecule is C=CN(c1ncnc(N)c1C)[C@]12CO[C@H](CN(C(C)C)[C@H]3C[C@@H](CCC(=O)Nc4ccc(C(C)(C)C)cc4N)C3)[C@H]1OC(C)(C)O2. The lowest BCUT2D eigenvalue weighted by molar-refractivity contribution is -0.191. The minimum Gasteiger partial charge on any atom is -0.397 e. The molecule has 1 aromatic carbocycles. The van der Waals surface area contributed by atoms with Crippen molar-refractivity contribution in [2.75, 3.05) is 34.8 Å².